The van der Waals surface area contributed by atoms with Gasteiger partial charge in [-0.05, 0) is 19.3 Å². The first-order valence-corrected chi connectivity index (χ1v) is 5.78. The minimum atomic E-state index is 0. The Morgan fingerprint density at radius 2 is 1.86 bits per heavy atom. The molecule has 0 aliphatic heterocycles. The summed E-state index contributed by atoms with van der Waals surface area (Å²) in [6.07, 6.45) is 17.8. The predicted octanol–water partition coefficient (Wildman–Crippen LogP) is 1.74. The first-order valence-electron chi connectivity index (χ1n) is 5.78. The van der Waals surface area contributed by atoms with Crippen LogP contribution in [0, 0.1) is 0 Å². The molecule has 0 radical (unpaired) electrons. The van der Waals surface area contributed by atoms with Crippen LogP contribution in [0.15, 0.2) is 23.8 Å². The van der Waals surface area contributed by atoms with Crippen LogP contribution in [0.1, 0.15) is 59.7 Å². The van der Waals surface area contributed by atoms with Crippen LogP contribution in [0.3, 0.4) is 0 Å². The molecular weight excluding hydrogens is 179 g/mol. The van der Waals surface area contributed by atoms with Gasteiger partial charge in [0.15, 0.2) is 0 Å². The van der Waals surface area contributed by atoms with Crippen LogP contribution in [0.4, 0.5) is 0 Å². The van der Waals surface area contributed by atoms with Gasteiger partial charge in [0, 0.05) is 0 Å². The summed E-state index contributed by atoms with van der Waals surface area (Å²) in [6, 6.07) is 0. The van der Waals surface area contributed by atoms with Gasteiger partial charge in [-0.1, -0.05) is 62.8 Å². The summed E-state index contributed by atoms with van der Waals surface area (Å²) in [7, 11) is 0. The zero-order chi connectivity index (χ0) is 9.36. The average Bonchev–Trinajstić information content (AvgIpc) is 2.63. The number of rotatable bonds is 7. The van der Waals surface area contributed by atoms with Crippen molar-refractivity contribution in [3.8, 4) is 0 Å². The van der Waals surface area contributed by atoms with Crippen molar-refractivity contribution in [2.24, 2.45) is 0 Å². The van der Waals surface area contributed by atoms with Gasteiger partial charge in [0.2, 0.25) is 0 Å². The third kappa shape index (κ3) is 6.86. The first kappa shape index (κ1) is 14.5. The Bertz CT molecular complexity index is 185. The molecule has 0 aromatic carbocycles. The zero-order valence-corrected chi connectivity index (χ0v) is 11.9. The molecule has 0 atom stereocenters. The first-order chi connectivity index (χ1) is 6.43. The van der Waals surface area contributed by atoms with Gasteiger partial charge in [-0.25, -0.2) is 0 Å². The van der Waals surface area contributed by atoms with Crippen molar-refractivity contribution >= 4 is 0 Å². The Kier molecular flexibility index (Phi) is 10.4. The van der Waals surface area contributed by atoms with Gasteiger partial charge in [-0.3, -0.25) is 0 Å². The van der Waals surface area contributed by atoms with E-state index < -0.39 is 0 Å². The smallest absolute Gasteiger partial charge is 1.00 e. The van der Waals surface area contributed by atoms with Gasteiger partial charge in [-0.2, -0.15) is 0 Å². The van der Waals surface area contributed by atoms with Gasteiger partial charge in [0.1, 0.15) is 0 Å². The summed E-state index contributed by atoms with van der Waals surface area (Å²) in [4.78, 5) is 0. The van der Waals surface area contributed by atoms with Gasteiger partial charge < -0.3 is 1.43 Å². The number of unbranched alkanes of at least 4 members (excludes halogenated alkanes) is 5. The molecule has 14 heavy (non-hydrogen) atoms. The molecule has 0 unspecified atom stereocenters. The molecule has 0 heterocycles. The molecular formula is C13H23Na. The number of hydrogen-bond acceptors (Lipinski definition) is 0. The summed E-state index contributed by atoms with van der Waals surface area (Å²) in [5, 5.41) is 0. The SMILES string of the molecule is CCCCCCCCC1=CC=CC1.[H-].[Na+]. The Morgan fingerprint density at radius 1 is 1.14 bits per heavy atom. The third-order valence-corrected chi connectivity index (χ3v) is 2.70. The van der Waals surface area contributed by atoms with E-state index in [4.69, 9.17) is 0 Å². The van der Waals surface area contributed by atoms with Gasteiger partial charge in [0.05, 0.1) is 0 Å². The van der Waals surface area contributed by atoms with E-state index in [1.165, 1.54) is 51.4 Å². The monoisotopic (exact) mass is 202 g/mol. The van der Waals surface area contributed by atoms with E-state index in [1.807, 2.05) is 0 Å². The maximum Gasteiger partial charge on any atom is 1.00 e. The molecule has 0 aromatic rings. The molecule has 0 saturated heterocycles. The van der Waals surface area contributed by atoms with E-state index in [2.05, 4.69) is 25.2 Å². The second-order valence-electron chi connectivity index (χ2n) is 3.97. The van der Waals surface area contributed by atoms with Gasteiger partial charge >= 0.3 is 29.6 Å². The van der Waals surface area contributed by atoms with Gasteiger partial charge in [-0.15, -0.1) is 0 Å². The minimum Gasteiger partial charge on any atom is -1.00 e. The molecule has 0 N–H and O–H groups in total. The number of allylic oxidation sites excluding steroid dienone is 4. The Hall–Kier alpha value is 0.480. The fourth-order valence-corrected chi connectivity index (χ4v) is 1.81. The van der Waals surface area contributed by atoms with E-state index in [-0.39, 0.29) is 31.0 Å². The van der Waals surface area contributed by atoms with Crippen LogP contribution in [0.2, 0.25) is 0 Å². The molecule has 1 rings (SSSR count). The van der Waals surface area contributed by atoms with E-state index in [0.717, 1.165) is 0 Å². The second kappa shape index (κ2) is 10.0. The predicted molar refractivity (Wildman–Crippen MR) is 60.9 cm³/mol. The molecule has 1 aliphatic rings. The third-order valence-electron chi connectivity index (χ3n) is 2.70. The minimum absolute atomic E-state index is 0. The quantitative estimate of drug-likeness (QED) is 0.436. The van der Waals surface area contributed by atoms with Crippen molar-refractivity contribution in [3.05, 3.63) is 23.8 Å². The van der Waals surface area contributed by atoms with E-state index in [9.17, 15) is 0 Å². The van der Waals surface area contributed by atoms with E-state index >= 15 is 0 Å². The molecule has 1 aliphatic carbocycles. The maximum atomic E-state index is 2.28. The van der Waals surface area contributed by atoms with Crippen molar-refractivity contribution in [2.45, 2.75) is 58.3 Å². The molecule has 1 heteroatoms. The van der Waals surface area contributed by atoms with Crippen molar-refractivity contribution in [2.75, 3.05) is 0 Å². The van der Waals surface area contributed by atoms with Gasteiger partial charge in [0.25, 0.3) is 0 Å². The van der Waals surface area contributed by atoms with Crippen LogP contribution in [0.5, 0.6) is 0 Å². The average molecular weight is 202 g/mol. The normalized spacial score (nSPS) is 13.9. The Morgan fingerprint density at radius 3 is 2.50 bits per heavy atom. The largest absolute Gasteiger partial charge is 1.00 e. The van der Waals surface area contributed by atoms with Crippen molar-refractivity contribution < 1.29 is 31.0 Å². The van der Waals surface area contributed by atoms with Crippen LogP contribution in [-0.2, 0) is 0 Å². The summed E-state index contributed by atoms with van der Waals surface area (Å²) in [6.45, 7) is 2.27. The summed E-state index contributed by atoms with van der Waals surface area (Å²) >= 11 is 0. The van der Waals surface area contributed by atoms with E-state index in [1.54, 1.807) is 5.57 Å². The molecule has 76 valence electrons. The Labute approximate surface area is 113 Å². The fraction of sp³-hybridized carbons (Fsp3) is 0.692. The second-order valence-corrected chi connectivity index (χ2v) is 3.97. The van der Waals surface area contributed by atoms with Crippen LogP contribution in [0.25, 0.3) is 0 Å². The summed E-state index contributed by atoms with van der Waals surface area (Å²) < 4.78 is 0. The van der Waals surface area contributed by atoms with Crippen LogP contribution >= 0.6 is 0 Å². The van der Waals surface area contributed by atoms with Crippen LogP contribution in [-0.4, -0.2) is 0 Å². The molecule has 0 fully saturated rings. The van der Waals surface area contributed by atoms with Crippen molar-refractivity contribution in [1.29, 1.82) is 0 Å². The summed E-state index contributed by atoms with van der Waals surface area (Å²) in [5.41, 5.74) is 1.63. The molecule has 0 amide bonds. The number of hydrogen-bond donors (Lipinski definition) is 0. The zero-order valence-electron chi connectivity index (χ0n) is 10.9. The Balaban J connectivity index is 0. The summed E-state index contributed by atoms with van der Waals surface area (Å²) in [5.74, 6) is 0. The fourth-order valence-electron chi connectivity index (χ4n) is 1.81. The topological polar surface area (TPSA) is 0 Å². The standard InChI is InChI=1S/C13H22.Na.H/c1-2-3-4-5-6-7-10-13-11-8-9-12-13;;/h8-9,11H,2-7,10,12H2,1H3;;/q;+1;-1. The molecule has 0 bridgehead atoms. The van der Waals surface area contributed by atoms with Crippen molar-refractivity contribution in [3.63, 3.8) is 0 Å². The van der Waals surface area contributed by atoms with Crippen molar-refractivity contribution in [1.82, 2.24) is 0 Å². The van der Waals surface area contributed by atoms with E-state index in [0.29, 0.717) is 0 Å². The molecule has 0 spiro atoms. The molecule has 0 saturated carbocycles. The maximum absolute atomic E-state index is 2.28. The van der Waals surface area contributed by atoms with Crippen LogP contribution < -0.4 is 29.6 Å². The molecule has 0 nitrogen and oxygen atoms in total. The molecule has 0 aromatic heterocycles.